The SMILES string of the molecule is CN1SCCCC1C(=O)NCc1ccc(Cl)cc1Cl. The van der Waals surface area contributed by atoms with Crippen LogP contribution in [0.5, 0.6) is 0 Å². The van der Waals surface area contributed by atoms with Crippen molar-refractivity contribution >= 4 is 41.1 Å². The summed E-state index contributed by atoms with van der Waals surface area (Å²) < 4.78 is 2.03. The van der Waals surface area contributed by atoms with Crippen LogP contribution in [0, 0.1) is 0 Å². The summed E-state index contributed by atoms with van der Waals surface area (Å²) in [6.07, 6.45) is 1.98. The fourth-order valence-electron chi connectivity index (χ4n) is 2.02. The Kier molecular flexibility index (Phi) is 5.39. The Hall–Kier alpha value is -0.420. The molecule has 1 N–H and O–H groups in total. The lowest BCUT2D eigenvalue weighted by atomic mass is 10.1. The second-order valence-corrected chi connectivity index (χ2v) is 6.58. The first-order chi connectivity index (χ1) is 9.08. The van der Waals surface area contributed by atoms with Crippen LogP contribution in [0.2, 0.25) is 10.0 Å². The topological polar surface area (TPSA) is 32.3 Å². The number of carbonyl (C=O) groups is 1. The zero-order chi connectivity index (χ0) is 13.8. The monoisotopic (exact) mass is 318 g/mol. The molecule has 0 saturated carbocycles. The number of nitrogens with zero attached hydrogens (tertiary/aromatic N) is 1. The van der Waals surface area contributed by atoms with Gasteiger partial charge in [0.1, 0.15) is 0 Å². The highest BCUT2D eigenvalue weighted by atomic mass is 35.5. The molecule has 1 aliphatic heterocycles. The van der Waals surface area contributed by atoms with E-state index in [-0.39, 0.29) is 11.9 Å². The molecule has 0 bridgehead atoms. The van der Waals surface area contributed by atoms with Crippen LogP contribution < -0.4 is 5.32 Å². The first-order valence-electron chi connectivity index (χ1n) is 6.15. The maximum Gasteiger partial charge on any atom is 0.238 e. The molecule has 1 heterocycles. The van der Waals surface area contributed by atoms with E-state index in [1.54, 1.807) is 24.1 Å². The van der Waals surface area contributed by atoms with Crippen LogP contribution in [0.4, 0.5) is 0 Å². The van der Waals surface area contributed by atoms with Crippen LogP contribution in [0.15, 0.2) is 18.2 Å². The molecule has 1 aromatic rings. The zero-order valence-electron chi connectivity index (χ0n) is 10.7. The van der Waals surface area contributed by atoms with E-state index >= 15 is 0 Å². The largest absolute Gasteiger partial charge is 0.351 e. The molecule has 1 fully saturated rings. The Morgan fingerprint density at radius 3 is 3.00 bits per heavy atom. The molecule has 0 aromatic heterocycles. The molecule has 1 atom stereocenters. The average molecular weight is 319 g/mol. The van der Waals surface area contributed by atoms with Gasteiger partial charge in [-0.3, -0.25) is 4.79 Å². The molecule has 104 valence electrons. The summed E-state index contributed by atoms with van der Waals surface area (Å²) in [5, 5.41) is 4.12. The Labute approximate surface area is 127 Å². The zero-order valence-corrected chi connectivity index (χ0v) is 13.0. The third kappa shape index (κ3) is 4.02. The number of benzene rings is 1. The quantitative estimate of drug-likeness (QED) is 0.867. The van der Waals surface area contributed by atoms with Gasteiger partial charge < -0.3 is 5.32 Å². The molecule has 0 spiro atoms. The van der Waals surface area contributed by atoms with E-state index in [9.17, 15) is 4.79 Å². The van der Waals surface area contributed by atoms with E-state index in [1.165, 1.54) is 0 Å². The number of likely N-dealkylation sites (N-methyl/N-ethyl adjacent to an activating group) is 1. The van der Waals surface area contributed by atoms with Crippen LogP contribution >= 0.6 is 35.1 Å². The summed E-state index contributed by atoms with van der Waals surface area (Å²) >= 11 is 13.6. The molecule has 2 rings (SSSR count). The molecule has 1 saturated heterocycles. The van der Waals surface area contributed by atoms with Crippen LogP contribution in [-0.2, 0) is 11.3 Å². The number of rotatable bonds is 3. The van der Waals surface area contributed by atoms with E-state index in [0.717, 1.165) is 24.2 Å². The highest BCUT2D eigenvalue weighted by Crippen LogP contribution is 2.24. The minimum absolute atomic E-state index is 0.0511. The summed E-state index contributed by atoms with van der Waals surface area (Å²) in [6, 6.07) is 5.25. The molecule has 3 nitrogen and oxygen atoms in total. The van der Waals surface area contributed by atoms with Crippen LogP contribution in [0.3, 0.4) is 0 Å². The minimum atomic E-state index is -0.0511. The predicted molar refractivity (Wildman–Crippen MR) is 81.6 cm³/mol. The highest BCUT2D eigenvalue weighted by Gasteiger charge is 2.26. The van der Waals surface area contributed by atoms with Gasteiger partial charge in [0.2, 0.25) is 5.91 Å². The van der Waals surface area contributed by atoms with E-state index in [1.807, 2.05) is 17.4 Å². The highest BCUT2D eigenvalue weighted by molar-refractivity contribution is 7.97. The van der Waals surface area contributed by atoms with Crippen molar-refractivity contribution < 1.29 is 4.79 Å². The molecule has 19 heavy (non-hydrogen) atoms. The van der Waals surface area contributed by atoms with Crippen molar-refractivity contribution in [1.29, 1.82) is 0 Å². The lowest BCUT2D eigenvalue weighted by molar-refractivity contribution is -0.124. The number of hydrogen-bond donors (Lipinski definition) is 1. The Morgan fingerprint density at radius 2 is 2.32 bits per heavy atom. The van der Waals surface area contributed by atoms with E-state index < -0.39 is 0 Å². The van der Waals surface area contributed by atoms with Gasteiger partial charge in [-0.2, -0.15) is 0 Å². The summed E-state index contributed by atoms with van der Waals surface area (Å²) in [5.74, 6) is 1.14. The smallest absolute Gasteiger partial charge is 0.238 e. The lowest BCUT2D eigenvalue weighted by Gasteiger charge is -2.30. The first-order valence-corrected chi connectivity index (χ1v) is 7.85. The van der Waals surface area contributed by atoms with Gasteiger partial charge in [-0.1, -0.05) is 41.2 Å². The van der Waals surface area contributed by atoms with Gasteiger partial charge in [0, 0.05) is 22.3 Å². The van der Waals surface area contributed by atoms with Gasteiger partial charge in [-0.05, 0) is 37.6 Å². The maximum absolute atomic E-state index is 12.1. The number of carbonyl (C=O) groups excluding carboxylic acids is 1. The van der Waals surface area contributed by atoms with Crippen LogP contribution in [0.25, 0.3) is 0 Å². The molecule has 0 aliphatic carbocycles. The summed E-state index contributed by atoms with van der Waals surface area (Å²) in [6.45, 7) is 0.434. The van der Waals surface area contributed by atoms with Crippen LogP contribution in [0.1, 0.15) is 18.4 Å². The molecule has 1 amide bonds. The van der Waals surface area contributed by atoms with E-state index in [2.05, 4.69) is 5.32 Å². The third-order valence-electron chi connectivity index (χ3n) is 3.13. The maximum atomic E-state index is 12.1. The lowest BCUT2D eigenvalue weighted by Crippen LogP contribution is -2.44. The minimum Gasteiger partial charge on any atom is -0.351 e. The van der Waals surface area contributed by atoms with Gasteiger partial charge in [0.15, 0.2) is 0 Å². The fourth-order valence-corrected chi connectivity index (χ4v) is 3.46. The molecule has 6 heteroatoms. The second-order valence-electron chi connectivity index (χ2n) is 4.49. The molecular weight excluding hydrogens is 303 g/mol. The van der Waals surface area contributed by atoms with Crippen molar-refractivity contribution in [3.05, 3.63) is 33.8 Å². The van der Waals surface area contributed by atoms with Crippen molar-refractivity contribution in [3.8, 4) is 0 Å². The van der Waals surface area contributed by atoms with Gasteiger partial charge in [-0.15, -0.1) is 0 Å². The van der Waals surface area contributed by atoms with Gasteiger partial charge in [0.05, 0.1) is 6.04 Å². The summed E-state index contributed by atoms with van der Waals surface area (Å²) in [7, 11) is 1.96. The van der Waals surface area contributed by atoms with Crippen molar-refractivity contribution in [3.63, 3.8) is 0 Å². The average Bonchev–Trinajstić information content (AvgIpc) is 2.38. The summed E-state index contributed by atoms with van der Waals surface area (Å²) in [5.41, 5.74) is 0.880. The van der Waals surface area contributed by atoms with E-state index in [4.69, 9.17) is 23.2 Å². The summed E-state index contributed by atoms with van der Waals surface area (Å²) in [4.78, 5) is 12.1. The predicted octanol–water partition coefficient (Wildman–Crippen LogP) is 3.35. The second kappa shape index (κ2) is 6.84. The van der Waals surface area contributed by atoms with Gasteiger partial charge in [-0.25, -0.2) is 4.31 Å². The molecular formula is C13H16Cl2N2OS. The van der Waals surface area contributed by atoms with Crippen molar-refractivity contribution in [2.75, 3.05) is 12.8 Å². The number of hydrogen-bond acceptors (Lipinski definition) is 3. The van der Waals surface area contributed by atoms with Crippen molar-refractivity contribution in [1.82, 2.24) is 9.62 Å². The Balaban J connectivity index is 1.92. The van der Waals surface area contributed by atoms with Crippen molar-refractivity contribution in [2.45, 2.75) is 25.4 Å². The van der Waals surface area contributed by atoms with E-state index in [0.29, 0.717) is 16.6 Å². The standard InChI is InChI=1S/C13H16Cl2N2OS/c1-17-12(3-2-6-19-17)13(18)16-8-9-4-5-10(14)7-11(9)15/h4-5,7,12H,2-3,6,8H2,1H3,(H,16,18). The van der Waals surface area contributed by atoms with Crippen molar-refractivity contribution in [2.24, 2.45) is 0 Å². The molecule has 1 aliphatic rings. The Morgan fingerprint density at radius 1 is 1.53 bits per heavy atom. The molecule has 0 radical (unpaired) electrons. The number of nitrogens with one attached hydrogen (secondary N) is 1. The Bertz CT molecular complexity index is 470. The fraction of sp³-hybridized carbons (Fsp3) is 0.462. The number of amides is 1. The molecule has 1 unspecified atom stereocenters. The van der Waals surface area contributed by atoms with Crippen LogP contribution in [-0.4, -0.2) is 29.1 Å². The third-order valence-corrected chi connectivity index (χ3v) is 4.85. The number of halogens is 2. The first kappa shape index (κ1) is 15.0. The normalized spacial score (nSPS) is 20.3. The van der Waals surface area contributed by atoms with Gasteiger partial charge >= 0.3 is 0 Å². The molecule has 1 aromatic carbocycles. The van der Waals surface area contributed by atoms with Gasteiger partial charge in [0.25, 0.3) is 0 Å².